The van der Waals surface area contributed by atoms with E-state index in [-0.39, 0.29) is 29.7 Å². The molecule has 2 aromatic rings. The van der Waals surface area contributed by atoms with Crippen LogP contribution in [0.4, 0.5) is 16.2 Å². The first-order valence-electron chi connectivity index (χ1n) is 10.4. The number of nitrogens with two attached hydrogens (primary N) is 1. The lowest BCUT2D eigenvalue weighted by Gasteiger charge is -2.15. The number of halogens is 1. The van der Waals surface area contributed by atoms with Crippen LogP contribution in [-0.2, 0) is 11.3 Å². The molecule has 0 aliphatic carbocycles. The average Bonchev–Trinajstić information content (AvgIpc) is 2.77. The minimum absolute atomic E-state index is 0.185. The van der Waals surface area contributed by atoms with Crippen molar-refractivity contribution in [2.24, 2.45) is 5.73 Å². The van der Waals surface area contributed by atoms with Gasteiger partial charge in [0.25, 0.3) is 5.91 Å². The van der Waals surface area contributed by atoms with E-state index >= 15 is 0 Å². The van der Waals surface area contributed by atoms with Crippen molar-refractivity contribution in [1.82, 2.24) is 20.6 Å². The average molecular weight is 430 g/mol. The summed E-state index contributed by atoms with van der Waals surface area (Å²) in [6.07, 6.45) is 4.56. The summed E-state index contributed by atoms with van der Waals surface area (Å²) in [4.78, 5) is 33.5. The van der Waals surface area contributed by atoms with Crippen molar-refractivity contribution in [3.05, 3.63) is 47.4 Å². The molecule has 0 saturated carbocycles. The molecule has 2 heterocycles. The van der Waals surface area contributed by atoms with Crippen LogP contribution < -0.4 is 27.0 Å². The maximum Gasteiger partial charge on any atom is 0.256 e. The standard InChI is InChI=1S/C21H28FN7O2/c22-15-6-4-14(5-7-15)12-27-19(30)16-13-28-21-26-10-3-1-2-9-25-20(31)17(23)8-11-24-18(16)29-21/h4-7,13,17H,1-3,8-12,23H2,(H,25,31)(H,27,30)(H2,24,26,28,29). The highest BCUT2D eigenvalue weighted by Crippen LogP contribution is 2.15. The Morgan fingerprint density at radius 1 is 1.10 bits per heavy atom. The van der Waals surface area contributed by atoms with Gasteiger partial charge in [0.1, 0.15) is 17.2 Å². The maximum absolute atomic E-state index is 13.1. The molecular formula is C21H28FN7O2. The van der Waals surface area contributed by atoms with Gasteiger partial charge in [-0.3, -0.25) is 9.59 Å². The monoisotopic (exact) mass is 429 g/mol. The second-order valence-electron chi connectivity index (χ2n) is 7.37. The predicted octanol–water partition coefficient (Wildman–Crippen LogP) is 1.39. The van der Waals surface area contributed by atoms with Crippen molar-refractivity contribution in [2.75, 3.05) is 30.3 Å². The van der Waals surface area contributed by atoms with Crippen LogP contribution in [0.2, 0.25) is 0 Å². The summed E-state index contributed by atoms with van der Waals surface area (Å²) < 4.78 is 13.1. The van der Waals surface area contributed by atoms with E-state index in [9.17, 15) is 14.0 Å². The predicted molar refractivity (Wildman–Crippen MR) is 116 cm³/mol. The second kappa shape index (κ2) is 11.2. The number of nitrogens with one attached hydrogen (secondary N) is 4. The molecule has 1 aliphatic rings. The summed E-state index contributed by atoms with van der Waals surface area (Å²) >= 11 is 0. The van der Waals surface area contributed by atoms with Gasteiger partial charge in [0.05, 0.1) is 6.04 Å². The van der Waals surface area contributed by atoms with E-state index < -0.39 is 6.04 Å². The van der Waals surface area contributed by atoms with Crippen LogP contribution in [0.5, 0.6) is 0 Å². The topological polar surface area (TPSA) is 134 Å². The second-order valence-corrected chi connectivity index (χ2v) is 7.37. The van der Waals surface area contributed by atoms with Crippen LogP contribution in [0.25, 0.3) is 0 Å². The molecule has 0 spiro atoms. The van der Waals surface area contributed by atoms with Gasteiger partial charge >= 0.3 is 0 Å². The largest absolute Gasteiger partial charge is 0.369 e. The molecule has 0 fully saturated rings. The summed E-state index contributed by atoms with van der Waals surface area (Å²) in [5.74, 6) is -0.100. The fourth-order valence-electron chi connectivity index (χ4n) is 3.09. The van der Waals surface area contributed by atoms with Crippen molar-refractivity contribution in [3.63, 3.8) is 0 Å². The highest BCUT2D eigenvalue weighted by molar-refractivity contribution is 5.98. The van der Waals surface area contributed by atoms with E-state index in [1.54, 1.807) is 12.1 Å². The number of aromatic nitrogens is 2. The third-order valence-electron chi connectivity index (χ3n) is 4.92. The van der Waals surface area contributed by atoms with Crippen molar-refractivity contribution < 1.29 is 14.0 Å². The Hall–Kier alpha value is -3.27. The zero-order valence-corrected chi connectivity index (χ0v) is 17.3. The zero-order valence-electron chi connectivity index (χ0n) is 17.3. The zero-order chi connectivity index (χ0) is 22.1. The fourth-order valence-corrected chi connectivity index (χ4v) is 3.09. The lowest BCUT2D eigenvalue weighted by molar-refractivity contribution is -0.122. The summed E-state index contributed by atoms with van der Waals surface area (Å²) in [5, 5.41) is 11.9. The number of carbonyl (C=O) groups excluding carboxylic acids is 2. The molecule has 3 rings (SSSR count). The first-order chi connectivity index (χ1) is 15.0. The van der Waals surface area contributed by atoms with Gasteiger partial charge in [0, 0.05) is 32.4 Å². The number of rotatable bonds is 3. The number of anilines is 2. The molecule has 1 unspecified atom stereocenters. The summed E-state index contributed by atoms with van der Waals surface area (Å²) in [6, 6.07) is 5.25. The third kappa shape index (κ3) is 6.88. The van der Waals surface area contributed by atoms with Gasteiger partial charge in [-0.2, -0.15) is 4.98 Å². The Morgan fingerprint density at radius 2 is 1.84 bits per heavy atom. The van der Waals surface area contributed by atoms with Gasteiger partial charge in [-0.15, -0.1) is 0 Å². The molecular weight excluding hydrogens is 401 g/mol. The summed E-state index contributed by atoms with van der Waals surface area (Å²) in [5.41, 5.74) is 7.00. The van der Waals surface area contributed by atoms with Crippen LogP contribution in [-0.4, -0.2) is 47.5 Å². The van der Waals surface area contributed by atoms with E-state index in [0.29, 0.717) is 37.8 Å². The van der Waals surface area contributed by atoms with Gasteiger partial charge in [-0.05, 0) is 43.4 Å². The van der Waals surface area contributed by atoms with Crippen molar-refractivity contribution in [2.45, 2.75) is 38.3 Å². The minimum Gasteiger partial charge on any atom is -0.369 e. The van der Waals surface area contributed by atoms with Crippen LogP contribution in [0.1, 0.15) is 41.6 Å². The molecule has 2 bridgehead atoms. The quantitative estimate of drug-likeness (QED) is 0.498. The van der Waals surface area contributed by atoms with E-state index in [1.807, 2.05) is 0 Å². The molecule has 6 N–H and O–H groups in total. The van der Waals surface area contributed by atoms with E-state index in [1.165, 1.54) is 18.3 Å². The number of hydrogen-bond acceptors (Lipinski definition) is 7. The number of amides is 2. The lowest BCUT2D eigenvalue weighted by atomic mass is 10.2. The van der Waals surface area contributed by atoms with Crippen LogP contribution >= 0.6 is 0 Å². The number of nitrogens with zero attached hydrogens (tertiary/aromatic N) is 2. The molecule has 10 heteroatoms. The molecule has 1 aliphatic heterocycles. The smallest absolute Gasteiger partial charge is 0.256 e. The van der Waals surface area contributed by atoms with Gasteiger partial charge in [0.2, 0.25) is 11.9 Å². The molecule has 1 aromatic carbocycles. The van der Waals surface area contributed by atoms with Crippen LogP contribution in [0.15, 0.2) is 30.5 Å². The van der Waals surface area contributed by atoms with Gasteiger partial charge in [-0.25, -0.2) is 9.37 Å². The Labute approximate surface area is 180 Å². The molecule has 31 heavy (non-hydrogen) atoms. The Balaban J connectivity index is 1.70. The molecule has 2 amide bonds. The van der Waals surface area contributed by atoms with E-state index in [4.69, 9.17) is 5.73 Å². The van der Waals surface area contributed by atoms with Crippen LogP contribution in [0, 0.1) is 5.82 Å². The normalized spacial score (nSPS) is 17.9. The Kier molecular flexibility index (Phi) is 8.11. The van der Waals surface area contributed by atoms with Crippen molar-refractivity contribution in [1.29, 1.82) is 0 Å². The first-order valence-corrected chi connectivity index (χ1v) is 10.4. The Morgan fingerprint density at radius 3 is 2.61 bits per heavy atom. The number of fused-ring (bicyclic) bond motifs is 2. The molecule has 1 aromatic heterocycles. The number of hydrogen-bond donors (Lipinski definition) is 5. The van der Waals surface area contributed by atoms with E-state index in [2.05, 4.69) is 31.2 Å². The van der Waals surface area contributed by atoms with Crippen molar-refractivity contribution >= 4 is 23.6 Å². The van der Waals surface area contributed by atoms with Gasteiger partial charge in [-0.1, -0.05) is 12.1 Å². The molecule has 1 atom stereocenters. The fraction of sp³-hybridized carbons (Fsp3) is 0.429. The van der Waals surface area contributed by atoms with E-state index in [0.717, 1.165) is 24.8 Å². The number of benzene rings is 1. The van der Waals surface area contributed by atoms with Crippen molar-refractivity contribution in [3.8, 4) is 0 Å². The summed E-state index contributed by atoms with van der Waals surface area (Å²) in [7, 11) is 0. The van der Waals surface area contributed by atoms with Crippen LogP contribution in [0.3, 0.4) is 0 Å². The van der Waals surface area contributed by atoms with Gasteiger partial charge < -0.3 is 27.0 Å². The summed E-state index contributed by atoms with van der Waals surface area (Å²) in [6.45, 7) is 1.89. The molecule has 0 radical (unpaired) electrons. The minimum atomic E-state index is -0.646. The lowest BCUT2D eigenvalue weighted by Crippen LogP contribution is -2.42. The third-order valence-corrected chi connectivity index (χ3v) is 4.92. The highest BCUT2D eigenvalue weighted by Gasteiger charge is 2.17. The molecule has 166 valence electrons. The SMILES string of the molecule is NC1CCNc2nc(ncc2C(=O)NCc2ccc(F)cc2)NCCCCCNC1=O. The Bertz CT molecular complexity index is 892. The number of carbonyl (C=O) groups is 2. The molecule has 0 saturated heterocycles. The first kappa shape index (κ1) is 22.4. The van der Waals surface area contributed by atoms with Gasteiger partial charge in [0.15, 0.2) is 0 Å². The molecule has 9 nitrogen and oxygen atoms in total. The maximum atomic E-state index is 13.1. The highest BCUT2D eigenvalue weighted by atomic mass is 19.1.